The van der Waals surface area contributed by atoms with Gasteiger partial charge in [0.05, 0.1) is 6.61 Å². The minimum absolute atomic E-state index is 0.0382. The van der Waals surface area contributed by atoms with E-state index < -0.39 is 10.0 Å². The largest absolute Gasteiger partial charge is 0.492 e. The molecular formula is C22H38NO3S. The van der Waals surface area contributed by atoms with Crippen molar-refractivity contribution in [3.63, 3.8) is 0 Å². The molecule has 0 aliphatic carbocycles. The lowest BCUT2D eigenvalue weighted by Crippen LogP contribution is -2.25. The molecule has 0 aromatic heterocycles. The van der Waals surface area contributed by atoms with Gasteiger partial charge in [0, 0.05) is 0 Å². The number of ether oxygens (including phenoxy) is 1. The van der Waals surface area contributed by atoms with E-state index in [9.17, 15) is 8.42 Å². The summed E-state index contributed by atoms with van der Waals surface area (Å²) in [5.41, 5.74) is 1.09. The molecule has 4 nitrogen and oxygen atoms in total. The van der Waals surface area contributed by atoms with Gasteiger partial charge in [0.15, 0.2) is 0 Å². The molecular weight excluding hydrogens is 358 g/mol. The Labute approximate surface area is 166 Å². The molecule has 27 heavy (non-hydrogen) atoms. The van der Waals surface area contributed by atoms with E-state index in [-0.39, 0.29) is 15.7 Å². The maximum atomic E-state index is 11.8. The lowest BCUT2D eigenvalue weighted by atomic mass is 9.72. The van der Waals surface area contributed by atoms with Gasteiger partial charge in [-0.3, -0.25) is 0 Å². The average molecular weight is 397 g/mol. The van der Waals surface area contributed by atoms with Crippen LogP contribution >= 0.6 is 0 Å². The van der Waals surface area contributed by atoms with Gasteiger partial charge in [0.1, 0.15) is 10.6 Å². The van der Waals surface area contributed by atoms with E-state index >= 15 is 0 Å². The normalized spacial score (nSPS) is 13.0. The summed E-state index contributed by atoms with van der Waals surface area (Å²) in [5.74, 6) is 0.318. The Morgan fingerprint density at radius 2 is 1.56 bits per heavy atom. The third-order valence-corrected chi connectivity index (χ3v) is 5.66. The molecule has 1 radical (unpaired) electrons. The van der Waals surface area contributed by atoms with E-state index in [1.807, 2.05) is 12.1 Å². The topological polar surface area (TPSA) is 67.2 Å². The SMILES string of the molecule is CCCCCCCCOc1cc(C(C)(C)CC(C)(C)C)ccc1S([NH])(=O)=O. The van der Waals surface area contributed by atoms with E-state index in [2.05, 4.69) is 41.5 Å². The zero-order valence-corrected chi connectivity index (χ0v) is 18.8. The van der Waals surface area contributed by atoms with E-state index in [1.54, 1.807) is 0 Å². The highest BCUT2D eigenvalue weighted by Crippen LogP contribution is 2.38. The van der Waals surface area contributed by atoms with Gasteiger partial charge < -0.3 is 4.74 Å². The number of benzene rings is 1. The minimum atomic E-state index is -4.06. The number of nitrogens with one attached hydrogen (secondary N) is 1. The second-order valence-corrected chi connectivity index (χ2v) is 10.8. The van der Waals surface area contributed by atoms with Crippen LogP contribution in [0.2, 0.25) is 0 Å². The van der Waals surface area contributed by atoms with Crippen LogP contribution in [0, 0.1) is 5.41 Å². The van der Waals surface area contributed by atoms with Crippen LogP contribution in [0.3, 0.4) is 0 Å². The molecule has 0 bridgehead atoms. The molecule has 0 fully saturated rings. The van der Waals surface area contributed by atoms with Gasteiger partial charge in [-0.1, -0.05) is 79.7 Å². The third kappa shape index (κ3) is 8.65. The van der Waals surface area contributed by atoms with Crippen LogP contribution < -0.4 is 9.88 Å². The summed E-state index contributed by atoms with van der Waals surface area (Å²) in [6.07, 6.45) is 7.84. The molecule has 155 valence electrons. The van der Waals surface area contributed by atoms with Crippen LogP contribution in [0.1, 0.15) is 92.1 Å². The second-order valence-electron chi connectivity index (χ2n) is 9.40. The third-order valence-electron chi connectivity index (χ3n) is 4.74. The van der Waals surface area contributed by atoms with Crippen molar-refractivity contribution >= 4 is 10.0 Å². The van der Waals surface area contributed by atoms with Gasteiger partial charge in [-0.15, -0.1) is 5.14 Å². The van der Waals surface area contributed by atoms with Gasteiger partial charge in [-0.2, -0.15) is 0 Å². The lowest BCUT2D eigenvalue weighted by molar-refractivity contribution is 0.278. The molecule has 0 unspecified atom stereocenters. The van der Waals surface area contributed by atoms with E-state index in [4.69, 9.17) is 9.88 Å². The highest BCUT2D eigenvalue weighted by atomic mass is 32.2. The molecule has 1 rings (SSSR count). The summed E-state index contributed by atoms with van der Waals surface area (Å²) < 4.78 is 29.5. The summed E-state index contributed by atoms with van der Waals surface area (Å²) in [6.45, 7) is 13.6. The number of rotatable bonds is 11. The van der Waals surface area contributed by atoms with Crippen LogP contribution in [-0.2, 0) is 15.4 Å². The van der Waals surface area contributed by atoms with Crippen LogP contribution in [0.4, 0.5) is 0 Å². The maximum absolute atomic E-state index is 11.8. The van der Waals surface area contributed by atoms with Crippen LogP contribution in [0.5, 0.6) is 5.75 Å². The number of hydrogen-bond donors (Lipinski definition) is 0. The Morgan fingerprint density at radius 3 is 2.11 bits per heavy atom. The van der Waals surface area contributed by atoms with Gasteiger partial charge in [0.2, 0.25) is 0 Å². The molecule has 0 amide bonds. The molecule has 0 saturated carbocycles. The van der Waals surface area contributed by atoms with Crippen molar-refractivity contribution in [2.45, 2.75) is 96.8 Å². The second kappa shape index (κ2) is 9.92. The molecule has 0 saturated heterocycles. The first-order chi connectivity index (χ1) is 12.4. The number of sulfonamides is 1. The Kier molecular flexibility index (Phi) is 8.81. The van der Waals surface area contributed by atoms with Crippen molar-refractivity contribution in [2.75, 3.05) is 6.61 Å². The van der Waals surface area contributed by atoms with Gasteiger partial charge >= 0.3 is 0 Å². The molecule has 1 aromatic rings. The van der Waals surface area contributed by atoms with Crippen molar-refractivity contribution in [3.8, 4) is 5.75 Å². The molecule has 1 aromatic carbocycles. The Morgan fingerprint density at radius 1 is 0.963 bits per heavy atom. The summed E-state index contributed by atoms with van der Waals surface area (Å²) in [6, 6.07) is 5.17. The van der Waals surface area contributed by atoms with E-state index in [0.717, 1.165) is 24.8 Å². The monoisotopic (exact) mass is 396 g/mol. The van der Waals surface area contributed by atoms with Gasteiger partial charge in [-0.05, 0) is 41.4 Å². The molecule has 0 atom stereocenters. The smallest absolute Gasteiger partial charge is 0.257 e. The molecule has 0 heterocycles. The minimum Gasteiger partial charge on any atom is -0.492 e. The Balaban J connectivity index is 2.92. The molecule has 5 heteroatoms. The van der Waals surface area contributed by atoms with Crippen molar-refractivity contribution in [1.29, 1.82) is 0 Å². The zero-order valence-electron chi connectivity index (χ0n) is 18.0. The van der Waals surface area contributed by atoms with Crippen LogP contribution in [0.25, 0.3) is 0 Å². The van der Waals surface area contributed by atoms with Gasteiger partial charge in [-0.25, -0.2) is 8.42 Å². The Hall–Kier alpha value is -1.07. The van der Waals surface area contributed by atoms with Crippen molar-refractivity contribution in [2.24, 2.45) is 5.41 Å². The number of unbranched alkanes of at least 4 members (excludes halogenated alkanes) is 5. The Bertz CT molecular complexity index is 688. The van der Waals surface area contributed by atoms with Crippen molar-refractivity contribution in [1.82, 2.24) is 5.14 Å². The predicted molar refractivity (Wildman–Crippen MR) is 113 cm³/mol. The van der Waals surface area contributed by atoms with Gasteiger partial charge in [0.25, 0.3) is 10.0 Å². The van der Waals surface area contributed by atoms with Crippen LogP contribution in [-0.4, -0.2) is 15.0 Å². The maximum Gasteiger partial charge on any atom is 0.257 e. The quantitative estimate of drug-likeness (QED) is 0.424. The molecule has 1 N–H and O–H groups in total. The van der Waals surface area contributed by atoms with Crippen LogP contribution in [0.15, 0.2) is 23.1 Å². The summed E-state index contributed by atoms with van der Waals surface area (Å²) in [4.78, 5) is -0.0382. The average Bonchev–Trinajstić information content (AvgIpc) is 2.50. The standard InChI is InChI=1S/C22H38NO3S/c1-7-8-9-10-11-12-15-26-19-16-18(13-14-20(19)27(23,24)25)22(5,6)17-21(2,3)4/h13-14,16,23H,7-12,15,17H2,1-6H3. The first kappa shape index (κ1) is 24.0. The molecule has 0 spiro atoms. The fraction of sp³-hybridized carbons (Fsp3) is 0.727. The first-order valence-corrected chi connectivity index (χ1v) is 11.6. The first-order valence-electron chi connectivity index (χ1n) is 10.1. The number of hydrogen-bond acceptors (Lipinski definition) is 3. The fourth-order valence-corrected chi connectivity index (χ4v) is 4.39. The van der Waals surface area contributed by atoms with E-state index in [0.29, 0.717) is 12.4 Å². The van der Waals surface area contributed by atoms with E-state index in [1.165, 1.54) is 31.7 Å². The molecule has 0 aliphatic rings. The van der Waals surface area contributed by atoms with Crippen molar-refractivity contribution in [3.05, 3.63) is 23.8 Å². The fourth-order valence-electron chi connectivity index (χ4n) is 3.76. The lowest BCUT2D eigenvalue weighted by Gasteiger charge is -2.33. The summed E-state index contributed by atoms with van der Waals surface area (Å²) in [5, 5.41) is 7.47. The summed E-state index contributed by atoms with van der Waals surface area (Å²) in [7, 11) is -4.06. The van der Waals surface area contributed by atoms with Crippen molar-refractivity contribution < 1.29 is 13.2 Å². The summed E-state index contributed by atoms with van der Waals surface area (Å²) >= 11 is 0. The highest BCUT2D eigenvalue weighted by molar-refractivity contribution is 7.89. The highest BCUT2D eigenvalue weighted by Gasteiger charge is 2.29. The molecule has 0 aliphatic heterocycles. The zero-order chi connectivity index (χ0) is 20.7. The predicted octanol–water partition coefficient (Wildman–Crippen LogP) is 6.11.